The second-order valence-corrected chi connectivity index (χ2v) is 13.6. The molecule has 210 valence electrons. The van der Waals surface area contributed by atoms with E-state index in [9.17, 15) is 0 Å². The largest absolute Gasteiger partial charge is 0.328 e. The molecule has 0 saturated heterocycles. The molecule has 2 atom stereocenters. The molecule has 0 amide bonds. The summed E-state index contributed by atoms with van der Waals surface area (Å²) in [6, 6.07) is 0.333. The van der Waals surface area contributed by atoms with E-state index in [4.69, 9.17) is 5.73 Å². The van der Waals surface area contributed by atoms with E-state index < -0.39 is 0 Å². The quantitative estimate of drug-likeness (QED) is 0.307. The van der Waals surface area contributed by atoms with Gasteiger partial charge in [-0.05, 0) is 78.1 Å². The van der Waals surface area contributed by atoms with Crippen LogP contribution >= 0.6 is 0 Å². The molecule has 2 unspecified atom stereocenters. The van der Waals surface area contributed by atoms with Gasteiger partial charge < -0.3 is 5.73 Å². The minimum atomic E-state index is 0.333. The molecule has 0 radical (unpaired) electrons. The van der Waals surface area contributed by atoms with Crippen LogP contribution in [0.2, 0.25) is 0 Å². The summed E-state index contributed by atoms with van der Waals surface area (Å²) in [5.74, 6) is 8.30. The molecule has 0 aliphatic carbocycles. The van der Waals surface area contributed by atoms with E-state index in [0.29, 0.717) is 17.9 Å². The highest BCUT2D eigenvalue weighted by Gasteiger charge is 2.18. The van der Waals surface area contributed by atoms with Crippen LogP contribution in [-0.2, 0) is 0 Å². The van der Waals surface area contributed by atoms with Crippen LogP contribution < -0.4 is 5.73 Å². The first-order chi connectivity index (χ1) is 15.3. The predicted octanol–water partition coefficient (Wildman–Crippen LogP) is 11.1. The maximum absolute atomic E-state index is 5.11. The van der Waals surface area contributed by atoms with Crippen molar-refractivity contribution >= 4 is 0 Å². The van der Waals surface area contributed by atoms with Gasteiger partial charge in [-0.25, -0.2) is 0 Å². The fourth-order valence-corrected chi connectivity index (χ4v) is 3.51. The zero-order valence-corrected chi connectivity index (χ0v) is 27.5. The number of hydrogen-bond donors (Lipinski definition) is 1. The summed E-state index contributed by atoms with van der Waals surface area (Å²) in [5.41, 5.74) is 5.11. The van der Waals surface area contributed by atoms with Crippen molar-refractivity contribution in [3.63, 3.8) is 0 Å². The zero-order valence-electron chi connectivity index (χ0n) is 27.5. The lowest BCUT2D eigenvalue weighted by Gasteiger charge is -2.26. The highest BCUT2D eigenvalue weighted by Crippen LogP contribution is 2.27. The Hall–Kier alpha value is -0.300. The summed E-state index contributed by atoms with van der Waals surface area (Å²) in [5, 5.41) is 0. The van der Waals surface area contributed by atoms with Crippen LogP contribution in [0.4, 0.5) is 0 Å². The smallest absolute Gasteiger partial charge is 0.00179 e. The molecule has 0 aromatic carbocycles. The lowest BCUT2D eigenvalue weighted by Crippen LogP contribution is -2.18. The van der Waals surface area contributed by atoms with Gasteiger partial charge in [-0.2, -0.15) is 0 Å². The second-order valence-electron chi connectivity index (χ2n) is 13.6. The van der Waals surface area contributed by atoms with Gasteiger partial charge in [-0.15, -0.1) is 0 Å². The highest BCUT2D eigenvalue weighted by atomic mass is 14.6. The number of allylic oxidation sites excluding steroid dienone is 2. The first kappa shape index (κ1) is 40.9. The molecule has 0 spiro atoms. The molecule has 2 N–H and O–H groups in total. The summed E-state index contributed by atoms with van der Waals surface area (Å²) in [6.45, 7) is 40.6. The number of rotatable bonds is 10. The maximum Gasteiger partial charge on any atom is -0.00179 e. The Morgan fingerprint density at radius 2 is 0.676 bits per heavy atom. The van der Waals surface area contributed by atoms with Gasteiger partial charge in [0.1, 0.15) is 0 Å². The topological polar surface area (TPSA) is 26.0 Å². The Labute approximate surface area is 220 Å². The van der Waals surface area contributed by atoms with Crippen LogP contribution in [0.15, 0.2) is 12.2 Å². The molecule has 34 heavy (non-hydrogen) atoms. The summed E-state index contributed by atoms with van der Waals surface area (Å²) < 4.78 is 0. The molecule has 0 bridgehead atoms. The molecule has 1 heteroatoms. The highest BCUT2D eigenvalue weighted by molar-refractivity contribution is 4.86. The molecular formula is C33H73N. The van der Waals surface area contributed by atoms with Crippen LogP contribution in [-0.4, -0.2) is 6.04 Å². The molecule has 0 aromatic heterocycles. The van der Waals surface area contributed by atoms with Crippen molar-refractivity contribution in [3.8, 4) is 0 Å². The minimum Gasteiger partial charge on any atom is -0.328 e. The van der Waals surface area contributed by atoms with Crippen molar-refractivity contribution in [1.82, 2.24) is 0 Å². The summed E-state index contributed by atoms with van der Waals surface area (Å²) in [6.07, 6.45) is 7.28. The van der Waals surface area contributed by atoms with Crippen molar-refractivity contribution in [1.29, 1.82) is 0 Å². The maximum atomic E-state index is 5.11. The van der Waals surface area contributed by atoms with E-state index in [1.54, 1.807) is 0 Å². The molecule has 0 aliphatic heterocycles. The lowest BCUT2D eigenvalue weighted by molar-refractivity contribution is 0.235. The van der Waals surface area contributed by atoms with Crippen LogP contribution in [0.25, 0.3) is 0 Å². The van der Waals surface area contributed by atoms with Crippen molar-refractivity contribution in [2.24, 2.45) is 64.9 Å². The molecule has 0 fully saturated rings. The Morgan fingerprint density at radius 3 is 0.794 bits per heavy atom. The monoisotopic (exact) mass is 484 g/mol. The fraction of sp³-hybridized carbons (Fsp3) is 0.939. The van der Waals surface area contributed by atoms with Gasteiger partial charge >= 0.3 is 0 Å². The van der Waals surface area contributed by atoms with Gasteiger partial charge in [0, 0.05) is 0 Å². The second kappa shape index (κ2) is 24.4. The van der Waals surface area contributed by atoms with E-state index in [-0.39, 0.29) is 0 Å². The summed E-state index contributed by atoms with van der Waals surface area (Å²) in [7, 11) is 0. The fourth-order valence-electron chi connectivity index (χ4n) is 3.51. The van der Waals surface area contributed by atoms with Gasteiger partial charge in [0.05, 0.1) is 0 Å². The van der Waals surface area contributed by atoms with Gasteiger partial charge in [-0.3, -0.25) is 0 Å². The van der Waals surface area contributed by atoms with E-state index in [2.05, 4.69) is 123 Å². The Balaban J connectivity index is -0.000000187. The molecular weight excluding hydrogens is 410 g/mol. The Kier molecular flexibility index (Phi) is 29.3. The van der Waals surface area contributed by atoms with Crippen LogP contribution in [0, 0.1) is 59.2 Å². The molecule has 1 nitrogen and oxygen atoms in total. The van der Waals surface area contributed by atoms with Crippen LogP contribution in [0.5, 0.6) is 0 Å². The SMILES string of the molecule is CC(C)/C=C\C(C)C.CC(C)C(C)C(C)C(C)C.CC(C)CC(CC(C)C)C(C)C.CC(C)N. The molecule has 0 saturated carbocycles. The average Bonchev–Trinajstić information content (AvgIpc) is 2.64. The van der Waals surface area contributed by atoms with Crippen molar-refractivity contribution in [2.45, 2.75) is 144 Å². The Bertz CT molecular complexity index is 378. The van der Waals surface area contributed by atoms with Crippen LogP contribution in [0.3, 0.4) is 0 Å². The molecule has 0 rings (SSSR count). The van der Waals surface area contributed by atoms with Crippen molar-refractivity contribution < 1.29 is 0 Å². The summed E-state index contributed by atoms with van der Waals surface area (Å²) >= 11 is 0. The normalized spacial score (nSPS) is 13.6. The Morgan fingerprint density at radius 1 is 0.441 bits per heavy atom. The first-order valence-corrected chi connectivity index (χ1v) is 14.7. The summed E-state index contributed by atoms with van der Waals surface area (Å²) in [4.78, 5) is 0. The first-order valence-electron chi connectivity index (χ1n) is 14.7. The standard InChI is InChI=1S/C12H26.C10H22.C8H16.C3H9N/c1-9(2)7-12(11(5)6)8-10(3)4;1-7(2)9(5)10(6)8(3)4;1-7(2)5-6-8(3)4;1-3(2)4/h9-12H,7-8H2,1-6H3;7-10H,1-6H3;5-8H,1-4H3;3H,4H2,1-2H3/b;;6-5-;. The van der Waals surface area contributed by atoms with E-state index in [1.807, 2.05) is 13.8 Å². The van der Waals surface area contributed by atoms with Gasteiger partial charge in [0.15, 0.2) is 0 Å². The molecule has 0 aromatic rings. The average molecular weight is 484 g/mol. The molecule has 0 aliphatic rings. The van der Waals surface area contributed by atoms with Crippen molar-refractivity contribution in [3.05, 3.63) is 12.2 Å². The zero-order chi connectivity index (χ0) is 28.2. The van der Waals surface area contributed by atoms with E-state index in [0.717, 1.165) is 47.3 Å². The van der Waals surface area contributed by atoms with Gasteiger partial charge in [0.25, 0.3) is 0 Å². The van der Waals surface area contributed by atoms with Crippen LogP contribution in [0.1, 0.15) is 137 Å². The minimum absolute atomic E-state index is 0.333. The van der Waals surface area contributed by atoms with Gasteiger partial charge in [0.2, 0.25) is 0 Å². The van der Waals surface area contributed by atoms with E-state index >= 15 is 0 Å². The lowest BCUT2D eigenvalue weighted by atomic mass is 9.80. The third kappa shape index (κ3) is 36.3. The van der Waals surface area contributed by atoms with Crippen molar-refractivity contribution in [2.75, 3.05) is 0 Å². The van der Waals surface area contributed by atoms with Gasteiger partial charge in [-0.1, -0.05) is 137 Å². The predicted molar refractivity (Wildman–Crippen MR) is 163 cm³/mol. The van der Waals surface area contributed by atoms with E-state index in [1.165, 1.54) is 12.8 Å². The number of nitrogens with two attached hydrogens (primary N) is 1. The third-order valence-electron chi connectivity index (χ3n) is 6.30. The third-order valence-corrected chi connectivity index (χ3v) is 6.30. The number of hydrogen-bond acceptors (Lipinski definition) is 1. The molecule has 0 heterocycles.